The summed E-state index contributed by atoms with van der Waals surface area (Å²) in [6.45, 7) is 0. The Morgan fingerprint density at radius 3 is 1.85 bits per heavy atom. The number of hydrogen-bond acceptors (Lipinski definition) is 0. The Hall–Kier alpha value is -5.08. The van der Waals surface area contributed by atoms with E-state index >= 15 is 0 Å². The molecule has 184 valence electrons. The summed E-state index contributed by atoms with van der Waals surface area (Å²) in [5.41, 5.74) is 19.2. The predicted molar refractivity (Wildman–Crippen MR) is 166 cm³/mol. The second-order valence-electron chi connectivity index (χ2n) is 11.7. The van der Waals surface area contributed by atoms with E-state index in [-0.39, 0.29) is 0 Å². The molecule has 0 atom stereocenters. The number of nitrogens with zero attached hydrogens (tertiary/aromatic N) is 2. The molecule has 40 heavy (non-hydrogen) atoms. The largest absolute Gasteiger partial charge is 0.305 e. The van der Waals surface area contributed by atoms with E-state index in [0.29, 0.717) is 0 Å². The van der Waals surface area contributed by atoms with Gasteiger partial charge in [0.05, 0.1) is 33.1 Å². The summed E-state index contributed by atoms with van der Waals surface area (Å²) < 4.78 is 5.15. The smallest absolute Gasteiger partial charge is 0.0783 e. The van der Waals surface area contributed by atoms with Crippen molar-refractivity contribution in [2.45, 2.75) is 12.8 Å². The highest BCUT2D eigenvalue weighted by Crippen LogP contribution is 2.47. The third-order valence-electron chi connectivity index (χ3n) is 9.87. The van der Waals surface area contributed by atoms with Crippen LogP contribution in [-0.2, 0) is 12.8 Å². The van der Waals surface area contributed by atoms with Gasteiger partial charge in [-0.3, -0.25) is 0 Å². The number of para-hydroxylation sites is 2. The Balaban J connectivity index is 1.37. The molecule has 3 heterocycles. The van der Waals surface area contributed by atoms with Crippen LogP contribution in [0, 0.1) is 0 Å². The maximum atomic E-state index is 2.59. The molecule has 2 heteroatoms. The summed E-state index contributed by atoms with van der Waals surface area (Å²) in [6.07, 6.45) is 1.99. The Morgan fingerprint density at radius 1 is 0.375 bits per heavy atom. The molecule has 2 aliphatic carbocycles. The molecular weight excluding hydrogens is 484 g/mol. The van der Waals surface area contributed by atoms with Crippen molar-refractivity contribution in [3.63, 3.8) is 0 Å². The lowest BCUT2D eigenvalue weighted by Crippen LogP contribution is -1.98. The molecule has 0 aliphatic heterocycles. The van der Waals surface area contributed by atoms with Gasteiger partial charge in [0.15, 0.2) is 0 Å². The molecule has 0 bridgehead atoms. The molecule has 0 amide bonds. The highest BCUT2D eigenvalue weighted by molar-refractivity contribution is 6.23. The van der Waals surface area contributed by atoms with E-state index in [0.717, 1.165) is 12.8 Å². The van der Waals surface area contributed by atoms with Gasteiger partial charge in [-0.25, -0.2) is 0 Å². The average Bonchev–Trinajstić information content (AvgIpc) is 3.73. The van der Waals surface area contributed by atoms with Gasteiger partial charge in [-0.2, -0.15) is 0 Å². The van der Waals surface area contributed by atoms with Gasteiger partial charge < -0.3 is 8.80 Å². The maximum Gasteiger partial charge on any atom is 0.0783 e. The molecule has 0 fully saturated rings. The Bertz CT molecular complexity index is 2590. The molecule has 9 aromatic rings. The van der Waals surface area contributed by atoms with E-state index in [9.17, 15) is 0 Å². The second-order valence-corrected chi connectivity index (χ2v) is 11.7. The van der Waals surface area contributed by atoms with Gasteiger partial charge in [0.1, 0.15) is 0 Å². The minimum absolute atomic E-state index is 0.986. The van der Waals surface area contributed by atoms with Gasteiger partial charge in [0.25, 0.3) is 0 Å². The molecule has 0 spiro atoms. The Morgan fingerprint density at radius 2 is 1.02 bits per heavy atom. The van der Waals surface area contributed by atoms with Gasteiger partial charge in [-0.15, -0.1) is 0 Å². The second kappa shape index (κ2) is 6.55. The summed E-state index contributed by atoms with van der Waals surface area (Å²) in [6, 6.07) is 41.3. The maximum absolute atomic E-state index is 2.59. The minimum Gasteiger partial charge on any atom is -0.305 e. The third kappa shape index (κ3) is 2.12. The van der Waals surface area contributed by atoms with E-state index in [4.69, 9.17) is 0 Å². The van der Waals surface area contributed by atoms with Crippen LogP contribution in [0.1, 0.15) is 22.3 Å². The number of fused-ring (bicyclic) bond motifs is 15. The fourth-order valence-corrected chi connectivity index (χ4v) is 8.29. The standard InChI is InChI=1S/C38H22N2/c1-4-10-25-21(7-1)17-23-19-35-31(20-30(23)25)28-12-6-14-34-37(28)39(35)33-13-5-11-27-29-16-15-26-24-9-3-2-8-22(24)18-32(26)36(29)40(34)38(27)33/h1-16,19-20H,17-18H2. The van der Waals surface area contributed by atoms with E-state index in [1.165, 1.54) is 99.2 Å². The van der Waals surface area contributed by atoms with E-state index in [1.807, 2.05) is 0 Å². The van der Waals surface area contributed by atoms with Crippen molar-refractivity contribution in [1.82, 2.24) is 8.80 Å². The van der Waals surface area contributed by atoms with Crippen molar-refractivity contribution in [2.24, 2.45) is 0 Å². The van der Waals surface area contributed by atoms with Gasteiger partial charge in [0.2, 0.25) is 0 Å². The molecule has 11 rings (SSSR count). The summed E-state index contributed by atoms with van der Waals surface area (Å²) in [4.78, 5) is 0. The molecular formula is C38H22N2. The summed E-state index contributed by atoms with van der Waals surface area (Å²) in [7, 11) is 0. The Labute approximate surface area is 229 Å². The quantitative estimate of drug-likeness (QED) is 0.181. The lowest BCUT2D eigenvalue weighted by Gasteiger charge is -2.12. The van der Waals surface area contributed by atoms with Crippen LogP contribution in [0.4, 0.5) is 0 Å². The highest BCUT2D eigenvalue weighted by atomic mass is 15.0. The monoisotopic (exact) mass is 506 g/mol. The van der Waals surface area contributed by atoms with Crippen LogP contribution < -0.4 is 0 Å². The molecule has 0 saturated heterocycles. The topological polar surface area (TPSA) is 8.82 Å². The van der Waals surface area contributed by atoms with Gasteiger partial charge >= 0.3 is 0 Å². The molecule has 0 saturated carbocycles. The van der Waals surface area contributed by atoms with Crippen LogP contribution >= 0.6 is 0 Å². The van der Waals surface area contributed by atoms with Crippen LogP contribution in [0.3, 0.4) is 0 Å². The average molecular weight is 507 g/mol. The van der Waals surface area contributed by atoms with Gasteiger partial charge in [-0.1, -0.05) is 84.9 Å². The van der Waals surface area contributed by atoms with Crippen LogP contribution in [0.25, 0.3) is 76.9 Å². The van der Waals surface area contributed by atoms with Crippen molar-refractivity contribution in [2.75, 3.05) is 0 Å². The van der Waals surface area contributed by atoms with Crippen LogP contribution in [-0.4, -0.2) is 8.80 Å². The number of rotatable bonds is 0. The van der Waals surface area contributed by atoms with Crippen molar-refractivity contribution in [3.8, 4) is 22.3 Å². The van der Waals surface area contributed by atoms with Crippen LogP contribution in [0.15, 0.2) is 109 Å². The zero-order valence-electron chi connectivity index (χ0n) is 21.7. The molecule has 0 N–H and O–H groups in total. The molecule has 0 unspecified atom stereocenters. The molecule has 0 radical (unpaired) electrons. The van der Waals surface area contributed by atoms with Crippen molar-refractivity contribution >= 4 is 54.6 Å². The third-order valence-corrected chi connectivity index (χ3v) is 9.87. The highest BCUT2D eigenvalue weighted by Gasteiger charge is 2.27. The van der Waals surface area contributed by atoms with Crippen LogP contribution in [0.2, 0.25) is 0 Å². The van der Waals surface area contributed by atoms with Crippen molar-refractivity contribution < 1.29 is 0 Å². The SMILES string of the molecule is c1ccc2c(c1)Cc1cc3c(cc1-2)c1cccc2c1n3c1cccc3c4ccc5c(c4n2c31)Cc1ccccc1-5. The first kappa shape index (κ1) is 19.9. The number of hydrogen-bond donors (Lipinski definition) is 0. The lowest BCUT2D eigenvalue weighted by molar-refractivity contribution is 1.21. The van der Waals surface area contributed by atoms with Crippen molar-refractivity contribution in [3.05, 3.63) is 131 Å². The first-order valence-electron chi connectivity index (χ1n) is 14.2. The number of aromatic nitrogens is 2. The zero-order chi connectivity index (χ0) is 25.7. The molecule has 2 aliphatic rings. The zero-order valence-corrected chi connectivity index (χ0v) is 21.7. The molecule has 6 aromatic carbocycles. The number of benzene rings is 6. The normalized spacial score (nSPS) is 13.8. The Kier molecular flexibility index (Phi) is 3.26. The fraction of sp³-hybridized carbons (Fsp3) is 0.0526. The fourth-order valence-electron chi connectivity index (χ4n) is 8.29. The predicted octanol–water partition coefficient (Wildman–Crippen LogP) is 9.38. The van der Waals surface area contributed by atoms with E-state index < -0.39 is 0 Å². The van der Waals surface area contributed by atoms with Gasteiger partial charge in [-0.05, 0) is 75.2 Å². The van der Waals surface area contributed by atoms with Crippen molar-refractivity contribution in [1.29, 1.82) is 0 Å². The summed E-state index contributed by atoms with van der Waals surface area (Å²) >= 11 is 0. The molecule has 2 nitrogen and oxygen atoms in total. The lowest BCUT2D eigenvalue weighted by atomic mass is 10.0. The molecule has 3 aromatic heterocycles. The first-order valence-corrected chi connectivity index (χ1v) is 14.2. The summed E-state index contributed by atoms with van der Waals surface area (Å²) in [5.74, 6) is 0. The van der Waals surface area contributed by atoms with Gasteiger partial charge in [0, 0.05) is 28.0 Å². The van der Waals surface area contributed by atoms with E-state index in [2.05, 4.69) is 118 Å². The van der Waals surface area contributed by atoms with Crippen LogP contribution in [0.5, 0.6) is 0 Å². The minimum atomic E-state index is 0.986. The summed E-state index contributed by atoms with van der Waals surface area (Å²) in [5, 5.41) is 5.37. The van der Waals surface area contributed by atoms with E-state index in [1.54, 1.807) is 0 Å². The first-order chi connectivity index (χ1) is 19.8.